The molecule has 0 saturated carbocycles. The molecule has 1 aromatic carbocycles. The first-order valence-corrected chi connectivity index (χ1v) is 6.96. The Bertz CT molecular complexity index is 406. The molecule has 2 unspecified atom stereocenters. The van der Waals surface area contributed by atoms with E-state index in [4.69, 9.17) is 10.00 Å². The number of nitriles is 1. The highest BCUT2D eigenvalue weighted by molar-refractivity contribution is 5.29. The van der Waals surface area contributed by atoms with E-state index < -0.39 is 0 Å². The van der Waals surface area contributed by atoms with Gasteiger partial charge >= 0.3 is 0 Å². The maximum absolute atomic E-state index is 8.76. The van der Waals surface area contributed by atoms with Gasteiger partial charge in [-0.2, -0.15) is 5.26 Å². The van der Waals surface area contributed by atoms with Gasteiger partial charge in [-0.15, -0.1) is 0 Å². The number of ether oxygens (including phenoxy) is 1. The summed E-state index contributed by atoms with van der Waals surface area (Å²) in [4.78, 5) is 0. The molecule has 0 fully saturated rings. The van der Waals surface area contributed by atoms with Crippen molar-refractivity contribution in [2.24, 2.45) is 0 Å². The van der Waals surface area contributed by atoms with Gasteiger partial charge in [0.1, 0.15) is 5.75 Å². The molecule has 0 aliphatic rings. The van der Waals surface area contributed by atoms with Gasteiger partial charge < -0.3 is 10.1 Å². The van der Waals surface area contributed by atoms with E-state index >= 15 is 0 Å². The van der Waals surface area contributed by atoms with Crippen LogP contribution in [-0.4, -0.2) is 12.1 Å². The van der Waals surface area contributed by atoms with E-state index in [1.165, 1.54) is 5.56 Å². The third-order valence-electron chi connectivity index (χ3n) is 3.07. The molecule has 3 heteroatoms. The smallest absolute Gasteiger partial charge is 0.119 e. The van der Waals surface area contributed by atoms with Crippen molar-refractivity contribution in [3.05, 3.63) is 29.8 Å². The zero-order valence-electron chi connectivity index (χ0n) is 12.3. The Balaban J connectivity index is 2.62. The third-order valence-corrected chi connectivity index (χ3v) is 3.07. The van der Waals surface area contributed by atoms with Crippen LogP contribution < -0.4 is 10.1 Å². The van der Waals surface area contributed by atoms with Gasteiger partial charge in [0, 0.05) is 12.1 Å². The van der Waals surface area contributed by atoms with Crippen molar-refractivity contribution in [1.29, 1.82) is 5.26 Å². The summed E-state index contributed by atoms with van der Waals surface area (Å²) in [5, 5.41) is 12.2. The number of rotatable bonds is 7. The second-order valence-electron chi connectivity index (χ2n) is 5.09. The molecule has 0 spiro atoms. The van der Waals surface area contributed by atoms with E-state index in [1.807, 2.05) is 26.0 Å². The maximum atomic E-state index is 8.76. The molecule has 0 bridgehead atoms. The van der Waals surface area contributed by atoms with Gasteiger partial charge in [-0.05, 0) is 44.9 Å². The Labute approximate surface area is 116 Å². The highest BCUT2D eigenvalue weighted by Crippen LogP contribution is 2.19. The largest absolute Gasteiger partial charge is 0.491 e. The van der Waals surface area contributed by atoms with Gasteiger partial charge in [0.05, 0.1) is 18.6 Å². The Hall–Kier alpha value is -1.53. The van der Waals surface area contributed by atoms with Gasteiger partial charge in [0.15, 0.2) is 0 Å². The number of nitrogens with one attached hydrogen (secondary N) is 1. The summed E-state index contributed by atoms with van der Waals surface area (Å²) in [6.45, 7) is 8.26. The lowest BCUT2D eigenvalue weighted by molar-refractivity contribution is 0.242. The molecule has 1 aromatic rings. The Kier molecular flexibility index (Phi) is 6.38. The summed E-state index contributed by atoms with van der Waals surface area (Å²) < 4.78 is 5.63. The average Bonchev–Trinajstić information content (AvgIpc) is 2.38. The average molecular weight is 260 g/mol. The fourth-order valence-electron chi connectivity index (χ4n) is 1.99. The van der Waals surface area contributed by atoms with Crippen LogP contribution >= 0.6 is 0 Å². The van der Waals surface area contributed by atoms with Crippen LogP contribution in [0, 0.1) is 11.3 Å². The first-order valence-electron chi connectivity index (χ1n) is 6.96. The van der Waals surface area contributed by atoms with Gasteiger partial charge in [0.25, 0.3) is 0 Å². The Morgan fingerprint density at radius 1 is 1.21 bits per heavy atom. The predicted octanol–water partition coefficient (Wildman–Crippen LogP) is 3.82. The summed E-state index contributed by atoms with van der Waals surface area (Å²) in [6.07, 6.45) is 1.71. The van der Waals surface area contributed by atoms with E-state index in [0.717, 1.165) is 12.2 Å². The van der Waals surface area contributed by atoms with E-state index in [0.29, 0.717) is 6.42 Å². The minimum Gasteiger partial charge on any atom is -0.491 e. The molecule has 0 saturated heterocycles. The summed E-state index contributed by atoms with van der Waals surface area (Å²) in [7, 11) is 0. The fourth-order valence-corrected chi connectivity index (χ4v) is 1.99. The normalized spacial score (nSPS) is 13.9. The molecule has 3 nitrogen and oxygen atoms in total. The molecular weight excluding hydrogens is 236 g/mol. The second-order valence-corrected chi connectivity index (χ2v) is 5.09. The lowest BCUT2D eigenvalue weighted by Crippen LogP contribution is -2.30. The molecule has 104 valence electrons. The van der Waals surface area contributed by atoms with Crippen molar-refractivity contribution >= 4 is 0 Å². The molecular formula is C16H24N2O. The SMILES string of the molecule is CCC(CC#N)NC(C)c1ccc(OC(C)C)cc1. The van der Waals surface area contributed by atoms with Gasteiger partial charge in [-0.25, -0.2) is 0 Å². The minimum absolute atomic E-state index is 0.196. The first kappa shape index (κ1) is 15.5. The van der Waals surface area contributed by atoms with E-state index in [9.17, 15) is 0 Å². The summed E-state index contributed by atoms with van der Waals surface area (Å²) >= 11 is 0. The molecule has 1 rings (SSSR count). The molecule has 1 N–H and O–H groups in total. The molecule has 0 radical (unpaired) electrons. The quantitative estimate of drug-likeness (QED) is 0.810. The number of hydrogen-bond donors (Lipinski definition) is 1. The molecule has 2 atom stereocenters. The summed E-state index contributed by atoms with van der Waals surface area (Å²) in [5.41, 5.74) is 1.22. The predicted molar refractivity (Wildman–Crippen MR) is 78.1 cm³/mol. The Morgan fingerprint density at radius 3 is 2.32 bits per heavy atom. The number of nitrogens with zero attached hydrogens (tertiary/aromatic N) is 1. The lowest BCUT2D eigenvalue weighted by Gasteiger charge is -2.21. The van der Waals surface area contributed by atoms with E-state index in [-0.39, 0.29) is 18.2 Å². The van der Waals surface area contributed by atoms with E-state index in [1.54, 1.807) is 0 Å². The van der Waals surface area contributed by atoms with Crippen LogP contribution in [0.5, 0.6) is 5.75 Å². The van der Waals surface area contributed by atoms with Crippen molar-refractivity contribution in [3.63, 3.8) is 0 Å². The van der Waals surface area contributed by atoms with Crippen LogP contribution in [0.3, 0.4) is 0 Å². The number of benzene rings is 1. The molecule has 0 amide bonds. The third kappa shape index (κ3) is 5.32. The zero-order valence-corrected chi connectivity index (χ0v) is 12.3. The molecule has 0 aliphatic carbocycles. The van der Waals surface area contributed by atoms with Crippen molar-refractivity contribution < 1.29 is 4.74 Å². The summed E-state index contributed by atoms with van der Waals surface area (Å²) in [6, 6.07) is 10.9. The number of hydrogen-bond acceptors (Lipinski definition) is 3. The second kappa shape index (κ2) is 7.81. The van der Waals surface area contributed by atoms with Crippen LogP contribution in [0.4, 0.5) is 0 Å². The van der Waals surface area contributed by atoms with Crippen molar-refractivity contribution in [3.8, 4) is 11.8 Å². The minimum atomic E-state index is 0.196. The van der Waals surface area contributed by atoms with E-state index in [2.05, 4.69) is 37.4 Å². The standard InChI is InChI=1S/C16H24N2O/c1-5-15(10-11-17)18-13(4)14-6-8-16(9-7-14)19-12(2)3/h6-9,12-13,15,18H,5,10H2,1-4H3. The molecule has 0 aliphatic heterocycles. The van der Waals surface area contributed by atoms with Crippen molar-refractivity contribution in [2.45, 2.75) is 58.7 Å². The van der Waals surface area contributed by atoms with Crippen LogP contribution in [0.15, 0.2) is 24.3 Å². The fraction of sp³-hybridized carbons (Fsp3) is 0.562. The Morgan fingerprint density at radius 2 is 1.84 bits per heavy atom. The monoisotopic (exact) mass is 260 g/mol. The summed E-state index contributed by atoms with van der Waals surface area (Å²) in [5.74, 6) is 0.898. The van der Waals surface area contributed by atoms with Gasteiger partial charge in [-0.3, -0.25) is 0 Å². The van der Waals surface area contributed by atoms with Gasteiger partial charge in [0.2, 0.25) is 0 Å². The van der Waals surface area contributed by atoms with Crippen LogP contribution in [0.25, 0.3) is 0 Å². The molecule has 0 aromatic heterocycles. The highest BCUT2D eigenvalue weighted by Gasteiger charge is 2.11. The van der Waals surface area contributed by atoms with Crippen LogP contribution in [0.2, 0.25) is 0 Å². The zero-order chi connectivity index (χ0) is 14.3. The highest BCUT2D eigenvalue weighted by atomic mass is 16.5. The van der Waals surface area contributed by atoms with Crippen molar-refractivity contribution in [1.82, 2.24) is 5.32 Å². The van der Waals surface area contributed by atoms with Gasteiger partial charge in [-0.1, -0.05) is 19.1 Å². The van der Waals surface area contributed by atoms with Crippen LogP contribution in [0.1, 0.15) is 52.1 Å². The van der Waals surface area contributed by atoms with Crippen LogP contribution in [-0.2, 0) is 0 Å². The topological polar surface area (TPSA) is 45.0 Å². The first-order chi connectivity index (χ1) is 9.06. The lowest BCUT2D eigenvalue weighted by atomic mass is 10.1. The molecule has 19 heavy (non-hydrogen) atoms. The molecule has 0 heterocycles. The van der Waals surface area contributed by atoms with Crippen molar-refractivity contribution in [2.75, 3.05) is 0 Å². The maximum Gasteiger partial charge on any atom is 0.119 e.